The molecule has 2 aromatic carbocycles. The summed E-state index contributed by atoms with van der Waals surface area (Å²) in [5.74, 6) is 0. The van der Waals surface area contributed by atoms with Crippen molar-refractivity contribution >= 4 is 51.0 Å². The molecule has 2 N–H and O–H groups in total. The summed E-state index contributed by atoms with van der Waals surface area (Å²) < 4.78 is 25.5. The Morgan fingerprint density at radius 2 is 1.93 bits per heavy atom. The molecule has 0 saturated heterocycles. The standard InChI is InChI=1S/C18H19N5O4S2/c1-22(2)29(26,27)16-10-5-9-15(13-16)20-18(28)21-19-12-6-8-14-7-3-4-11-17(14)23(24)25/h3-13H,1-2H3,(H2,20,21,28)/b8-6+,19-12+. The van der Waals surface area contributed by atoms with Crippen LogP contribution in [0.15, 0.2) is 64.6 Å². The van der Waals surface area contributed by atoms with Gasteiger partial charge in [0.15, 0.2) is 5.11 Å². The van der Waals surface area contributed by atoms with Crippen LogP contribution >= 0.6 is 12.2 Å². The van der Waals surface area contributed by atoms with E-state index in [9.17, 15) is 18.5 Å². The van der Waals surface area contributed by atoms with Gasteiger partial charge in [-0.3, -0.25) is 15.5 Å². The fraction of sp³-hybridized carbons (Fsp3) is 0.111. The summed E-state index contributed by atoms with van der Waals surface area (Å²) in [6.45, 7) is 0. The van der Waals surface area contributed by atoms with E-state index in [4.69, 9.17) is 12.2 Å². The molecule has 2 aromatic rings. The van der Waals surface area contributed by atoms with E-state index in [0.29, 0.717) is 11.3 Å². The third-order valence-corrected chi connectivity index (χ3v) is 5.61. The first-order valence-corrected chi connectivity index (χ1v) is 10.1. The Balaban J connectivity index is 1.96. The molecule has 0 saturated carbocycles. The highest BCUT2D eigenvalue weighted by Crippen LogP contribution is 2.19. The highest BCUT2D eigenvalue weighted by Gasteiger charge is 2.17. The molecule has 0 aliphatic rings. The predicted octanol–water partition coefficient (Wildman–Crippen LogP) is 2.83. The number of nitro benzene ring substituents is 1. The predicted molar refractivity (Wildman–Crippen MR) is 117 cm³/mol. The molecule has 0 unspecified atom stereocenters. The van der Waals surface area contributed by atoms with E-state index >= 15 is 0 Å². The first-order valence-electron chi connectivity index (χ1n) is 8.24. The first-order chi connectivity index (χ1) is 13.7. The van der Waals surface area contributed by atoms with Crippen molar-refractivity contribution in [3.63, 3.8) is 0 Å². The molecule has 2 rings (SSSR count). The molecule has 0 amide bonds. The smallest absolute Gasteiger partial charge is 0.276 e. The fourth-order valence-corrected chi connectivity index (χ4v) is 3.30. The van der Waals surface area contributed by atoms with Crippen molar-refractivity contribution in [3.05, 3.63) is 70.3 Å². The Hall–Kier alpha value is -3.15. The zero-order valence-electron chi connectivity index (χ0n) is 15.6. The van der Waals surface area contributed by atoms with Gasteiger partial charge in [0, 0.05) is 32.1 Å². The SMILES string of the molecule is CN(C)S(=O)(=O)c1cccc(NC(=S)N/N=C/C=C/c2ccccc2[N+](=O)[O-])c1. The summed E-state index contributed by atoms with van der Waals surface area (Å²) in [5, 5.41) is 17.8. The van der Waals surface area contributed by atoms with E-state index in [1.54, 1.807) is 36.4 Å². The lowest BCUT2D eigenvalue weighted by Gasteiger charge is -2.13. The van der Waals surface area contributed by atoms with Crippen LogP contribution in [0.2, 0.25) is 0 Å². The van der Waals surface area contributed by atoms with E-state index in [2.05, 4.69) is 15.8 Å². The van der Waals surface area contributed by atoms with Crippen LogP contribution < -0.4 is 10.7 Å². The van der Waals surface area contributed by atoms with Gasteiger partial charge in [0.25, 0.3) is 5.69 Å². The number of rotatable bonds is 7. The number of nitrogens with zero attached hydrogens (tertiary/aromatic N) is 3. The van der Waals surface area contributed by atoms with Crippen molar-refractivity contribution < 1.29 is 13.3 Å². The molecule has 0 aliphatic carbocycles. The highest BCUT2D eigenvalue weighted by atomic mass is 32.2. The largest absolute Gasteiger partial charge is 0.331 e. The van der Waals surface area contributed by atoms with Gasteiger partial charge in [0.1, 0.15) is 0 Å². The molecule has 0 aliphatic heterocycles. The Morgan fingerprint density at radius 3 is 2.62 bits per heavy atom. The third-order valence-electron chi connectivity index (χ3n) is 3.61. The fourth-order valence-electron chi connectivity index (χ4n) is 2.18. The van der Waals surface area contributed by atoms with Crippen LogP contribution in [0, 0.1) is 10.1 Å². The number of thiocarbonyl (C=S) groups is 1. The van der Waals surface area contributed by atoms with Gasteiger partial charge in [-0.1, -0.05) is 18.2 Å². The van der Waals surface area contributed by atoms with Crippen molar-refractivity contribution in [2.75, 3.05) is 19.4 Å². The van der Waals surface area contributed by atoms with Gasteiger partial charge in [-0.25, -0.2) is 12.7 Å². The van der Waals surface area contributed by atoms with E-state index in [1.807, 2.05) is 0 Å². The number of nitrogens with one attached hydrogen (secondary N) is 2. The topological polar surface area (TPSA) is 117 Å². The maximum absolute atomic E-state index is 12.2. The van der Waals surface area contributed by atoms with Crippen molar-refractivity contribution in [2.45, 2.75) is 4.90 Å². The number of nitro groups is 1. The summed E-state index contributed by atoms with van der Waals surface area (Å²) in [5.41, 5.74) is 3.51. The lowest BCUT2D eigenvalue weighted by atomic mass is 10.2. The van der Waals surface area contributed by atoms with Gasteiger partial charge in [-0.15, -0.1) is 0 Å². The lowest BCUT2D eigenvalue weighted by molar-refractivity contribution is -0.385. The number of hydrogen-bond acceptors (Lipinski definition) is 6. The third kappa shape index (κ3) is 6.17. The normalized spacial score (nSPS) is 11.8. The number of hydrogen-bond donors (Lipinski definition) is 2. The quantitative estimate of drug-likeness (QED) is 0.298. The van der Waals surface area contributed by atoms with Gasteiger partial charge in [-0.2, -0.15) is 5.10 Å². The molecule has 0 spiro atoms. The Labute approximate surface area is 173 Å². The van der Waals surface area contributed by atoms with Gasteiger partial charge >= 0.3 is 0 Å². The minimum Gasteiger partial charge on any atom is -0.331 e. The van der Waals surface area contributed by atoms with Crippen LogP contribution in [-0.2, 0) is 10.0 Å². The van der Waals surface area contributed by atoms with Crippen LogP contribution in [0.4, 0.5) is 11.4 Å². The van der Waals surface area contributed by atoms with Crippen molar-refractivity contribution in [1.82, 2.24) is 9.73 Å². The first kappa shape index (κ1) is 22.1. The number of allylic oxidation sites excluding steroid dienone is 1. The molecule has 0 atom stereocenters. The number of benzene rings is 2. The summed E-state index contributed by atoms with van der Waals surface area (Å²) in [4.78, 5) is 10.6. The van der Waals surface area contributed by atoms with Crippen LogP contribution in [-0.4, -0.2) is 43.1 Å². The van der Waals surface area contributed by atoms with Crippen LogP contribution in [0.1, 0.15) is 5.56 Å². The average molecular weight is 434 g/mol. The molecule has 0 aromatic heterocycles. The molecule has 0 fully saturated rings. The number of sulfonamides is 1. The second-order valence-corrected chi connectivity index (χ2v) is 8.39. The second kappa shape index (κ2) is 9.87. The molecule has 0 radical (unpaired) electrons. The van der Waals surface area contributed by atoms with E-state index < -0.39 is 14.9 Å². The van der Waals surface area contributed by atoms with Gasteiger partial charge in [0.05, 0.1) is 15.4 Å². The molecular formula is C18H19N5O4S2. The molecule has 29 heavy (non-hydrogen) atoms. The number of anilines is 1. The van der Waals surface area contributed by atoms with E-state index in [-0.39, 0.29) is 15.7 Å². The molecule has 11 heteroatoms. The summed E-state index contributed by atoms with van der Waals surface area (Å²) in [6.07, 6.45) is 4.47. The maximum atomic E-state index is 12.2. The van der Waals surface area contributed by atoms with Crippen molar-refractivity contribution in [1.29, 1.82) is 0 Å². The minimum atomic E-state index is -3.55. The molecule has 0 heterocycles. The summed E-state index contributed by atoms with van der Waals surface area (Å²) in [6, 6.07) is 12.5. The molecular weight excluding hydrogens is 414 g/mol. The summed E-state index contributed by atoms with van der Waals surface area (Å²) >= 11 is 5.11. The zero-order chi connectivity index (χ0) is 21.4. The zero-order valence-corrected chi connectivity index (χ0v) is 17.3. The second-order valence-electron chi connectivity index (χ2n) is 5.83. The molecule has 152 valence electrons. The van der Waals surface area contributed by atoms with Gasteiger partial charge in [-0.05, 0) is 48.6 Å². The van der Waals surface area contributed by atoms with E-state index in [1.165, 1.54) is 44.6 Å². The monoisotopic (exact) mass is 433 g/mol. The van der Waals surface area contributed by atoms with Crippen LogP contribution in [0.5, 0.6) is 0 Å². The van der Waals surface area contributed by atoms with Crippen molar-refractivity contribution in [2.24, 2.45) is 5.10 Å². The Kier molecular flexibility index (Phi) is 7.53. The van der Waals surface area contributed by atoms with E-state index in [0.717, 1.165) is 4.31 Å². The van der Waals surface area contributed by atoms with Crippen LogP contribution in [0.25, 0.3) is 6.08 Å². The van der Waals surface area contributed by atoms with Crippen molar-refractivity contribution in [3.8, 4) is 0 Å². The van der Waals surface area contributed by atoms with Gasteiger partial charge in [0.2, 0.25) is 10.0 Å². The average Bonchev–Trinajstić information content (AvgIpc) is 2.68. The Bertz CT molecular complexity index is 1070. The summed E-state index contributed by atoms with van der Waals surface area (Å²) in [7, 11) is -0.648. The van der Waals surface area contributed by atoms with Crippen LogP contribution in [0.3, 0.4) is 0 Å². The maximum Gasteiger partial charge on any atom is 0.276 e. The molecule has 0 bridgehead atoms. The Morgan fingerprint density at radius 1 is 1.21 bits per heavy atom. The molecule has 9 nitrogen and oxygen atoms in total. The number of hydrazone groups is 1. The lowest BCUT2D eigenvalue weighted by Crippen LogP contribution is -2.24. The highest BCUT2D eigenvalue weighted by molar-refractivity contribution is 7.89. The number of para-hydroxylation sites is 1. The minimum absolute atomic E-state index is 0.00476. The van der Waals surface area contributed by atoms with Gasteiger partial charge < -0.3 is 5.32 Å².